The number of benzene rings is 1. The molecular formula is C29H34GeN2O6. The molecule has 0 bridgehead atoms. The van der Waals surface area contributed by atoms with E-state index >= 15 is 0 Å². The van der Waals surface area contributed by atoms with Gasteiger partial charge in [-0.15, -0.1) is 0 Å². The van der Waals surface area contributed by atoms with Crippen LogP contribution in [0.15, 0.2) is 35.1 Å². The Morgan fingerprint density at radius 3 is 2.71 bits per heavy atom. The quantitative estimate of drug-likeness (QED) is 0.189. The van der Waals surface area contributed by atoms with Crippen molar-refractivity contribution >= 4 is 36.1 Å². The van der Waals surface area contributed by atoms with E-state index in [0.717, 1.165) is 45.5 Å². The molecule has 0 saturated heterocycles. The van der Waals surface area contributed by atoms with Gasteiger partial charge in [0.1, 0.15) is 0 Å². The summed E-state index contributed by atoms with van der Waals surface area (Å²) in [5.74, 6) is 3.87. The Hall–Kier alpha value is -2.98. The number of hydrogen-bond donors (Lipinski definition) is 1. The molecule has 3 aromatic rings. The maximum atomic E-state index is 13.6. The molecule has 2 aliphatic rings. The summed E-state index contributed by atoms with van der Waals surface area (Å²) < 4.78 is 12.1. The number of cyclic esters (lactones) is 1. The van der Waals surface area contributed by atoms with E-state index in [0.29, 0.717) is 30.0 Å². The van der Waals surface area contributed by atoms with Gasteiger partial charge in [0.15, 0.2) is 0 Å². The summed E-state index contributed by atoms with van der Waals surface area (Å²) >= 11 is -2.15. The maximum absolute atomic E-state index is 13.6. The molecule has 9 heteroatoms. The summed E-state index contributed by atoms with van der Waals surface area (Å²) in [6.45, 7) is 3.88. The van der Waals surface area contributed by atoms with Crippen LogP contribution in [0.2, 0.25) is 22.0 Å². The van der Waals surface area contributed by atoms with Crippen LogP contribution in [0.3, 0.4) is 0 Å². The fourth-order valence-electron chi connectivity index (χ4n) is 5.75. The minimum atomic E-state index is -2.15. The number of aryl methyl sites for hydroxylation is 1. The number of carbonyl (C=O) groups is 2. The third kappa shape index (κ3) is 4.58. The van der Waals surface area contributed by atoms with E-state index in [1.807, 2.05) is 18.2 Å². The third-order valence-corrected chi connectivity index (χ3v) is 15.0. The fourth-order valence-corrected chi connectivity index (χ4v) is 10.5. The SMILES string of the molecule is CC[C@@]1(O)C(=O)OCc2c1cc1n(c2=O)Cc2c-1nc1ccccc1c2C[CH2][Ge]([CH3])([CH3])[CH2]CCOC(C)=O. The van der Waals surface area contributed by atoms with Gasteiger partial charge in [0.25, 0.3) is 0 Å². The van der Waals surface area contributed by atoms with Gasteiger partial charge in [0, 0.05) is 0 Å². The second-order valence-corrected chi connectivity index (χ2v) is 22.3. The van der Waals surface area contributed by atoms with E-state index in [2.05, 4.69) is 17.6 Å². The molecule has 8 nitrogen and oxygen atoms in total. The van der Waals surface area contributed by atoms with Gasteiger partial charge in [-0.05, 0) is 0 Å². The molecule has 2 aromatic heterocycles. The van der Waals surface area contributed by atoms with Crippen molar-refractivity contribution in [2.45, 2.75) is 73.9 Å². The Bertz CT molecular complexity index is 1510. The Labute approximate surface area is 224 Å². The van der Waals surface area contributed by atoms with Crippen LogP contribution in [0.1, 0.15) is 48.9 Å². The number of ether oxygens (including phenoxy) is 2. The summed E-state index contributed by atoms with van der Waals surface area (Å²) in [5, 5.41) is 14.5. The predicted molar refractivity (Wildman–Crippen MR) is 147 cm³/mol. The number of carbonyl (C=O) groups excluding carboxylic acids is 2. The zero-order valence-corrected chi connectivity index (χ0v) is 24.5. The molecule has 0 spiro atoms. The van der Waals surface area contributed by atoms with Gasteiger partial charge >= 0.3 is 225 Å². The summed E-state index contributed by atoms with van der Waals surface area (Å²) in [4.78, 5) is 42.2. The van der Waals surface area contributed by atoms with Gasteiger partial charge < -0.3 is 0 Å². The number of rotatable bonds is 8. The second-order valence-electron chi connectivity index (χ2n) is 11.1. The van der Waals surface area contributed by atoms with E-state index in [9.17, 15) is 19.5 Å². The van der Waals surface area contributed by atoms with Crippen molar-refractivity contribution in [3.05, 3.63) is 62.9 Å². The Kier molecular flexibility index (Phi) is 6.98. The number of nitrogens with zero attached hydrogens (tertiary/aromatic N) is 2. The molecule has 4 heterocycles. The first-order valence-corrected chi connectivity index (χ1v) is 20.4. The average molecular weight is 579 g/mol. The van der Waals surface area contributed by atoms with Crippen molar-refractivity contribution in [3.63, 3.8) is 0 Å². The van der Waals surface area contributed by atoms with Gasteiger partial charge in [-0.1, -0.05) is 0 Å². The van der Waals surface area contributed by atoms with E-state index in [1.165, 1.54) is 12.5 Å². The molecule has 1 aromatic carbocycles. The number of hydrogen-bond acceptors (Lipinski definition) is 7. The number of aromatic nitrogens is 2. The fraction of sp³-hybridized carbons (Fsp3) is 0.448. The number of esters is 2. The molecule has 38 heavy (non-hydrogen) atoms. The molecule has 1 atom stereocenters. The van der Waals surface area contributed by atoms with Crippen LogP contribution >= 0.6 is 0 Å². The van der Waals surface area contributed by atoms with Gasteiger partial charge in [-0.3, -0.25) is 0 Å². The summed E-state index contributed by atoms with van der Waals surface area (Å²) in [5.41, 5.74) is 3.08. The van der Waals surface area contributed by atoms with Crippen LogP contribution < -0.4 is 5.56 Å². The Morgan fingerprint density at radius 2 is 1.97 bits per heavy atom. The molecule has 5 rings (SSSR count). The van der Waals surface area contributed by atoms with Crippen molar-refractivity contribution in [2.75, 3.05) is 6.61 Å². The molecule has 0 fully saturated rings. The molecule has 2 aliphatic heterocycles. The third-order valence-electron chi connectivity index (χ3n) is 8.07. The van der Waals surface area contributed by atoms with Crippen molar-refractivity contribution in [1.82, 2.24) is 9.55 Å². The zero-order valence-electron chi connectivity index (χ0n) is 22.4. The molecule has 1 N–H and O–H groups in total. The van der Waals surface area contributed by atoms with Crippen LogP contribution in [0.4, 0.5) is 0 Å². The van der Waals surface area contributed by atoms with Gasteiger partial charge in [0.2, 0.25) is 0 Å². The minimum absolute atomic E-state index is 0.115. The van der Waals surface area contributed by atoms with Crippen LogP contribution in [0.25, 0.3) is 22.3 Å². The molecule has 0 unspecified atom stereocenters. The standard InChI is InChI=1S/C29H34GeN2O6/c1-5-29(36)23-15-25-26-21(16-32(25)27(34)22(23)17-38-28(29)35)19(20-9-6-7-10-24(20)31-26)11-13-30(3,4)12-8-14-37-18(2)33/h6-7,9-10,15,36H,5,8,11-14,16-17H2,1-4H3/t29-/m0/s1. The molecule has 0 radical (unpaired) electrons. The van der Waals surface area contributed by atoms with E-state index in [-0.39, 0.29) is 24.6 Å². The van der Waals surface area contributed by atoms with Crippen molar-refractivity contribution in [2.24, 2.45) is 0 Å². The van der Waals surface area contributed by atoms with Gasteiger partial charge in [-0.2, -0.15) is 0 Å². The van der Waals surface area contributed by atoms with Crippen LogP contribution in [0.5, 0.6) is 0 Å². The van der Waals surface area contributed by atoms with Crippen molar-refractivity contribution in [3.8, 4) is 11.4 Å². The first kappa shape index (κ1) is 26.6. The topological polar surface area (TPSA) is 108 Å². The summed E-state index contributed by atoms with van der Waals surface area (Å²) in [7, 11) is 0. The average Bonchev–Trinajstić information content (AvgIpc) is 3.25. The molecule has 0 saturated carbocycles. The van der Waals surface area contributed by atoms with Crippen molar-refractivity contribution in [1.29, 1.82) is 0 Å². The summed E-state index contributed by atoms with van der Waals surface area (Å²) in [6, 6.07) is 9.84. The monoisotopic (exact) mass is 580 g/mol. The summed E-state index contributed by atoms with van der Waals surface area (Å²) in [6.07, 6.45) is 1.88. The first-order chi connectivity index (χ1) is 18.1. The normalized spacial score (nSPS) is 18.1. The van der Waals surface area contributed by atoms with Crippen LogP contribution in [-0.2, 0) is 44.2 Å². The Balaban J connectivity index is 1.55. The zero-order chi connectivity index (χ0) is 27.2. The van der Waals surface area contributed by atoms with Crippen LogP contribution in [0, 0.1) is 0 Å². The van der Waals surface area contributed by atoms with Crippen LogP contribution in [-0.4, -0.2) is 46.5 Å². The van der Waals surface area contributed by atoms with E-state index < -0.39 is 24.8 Å². The van der Waals surface area contributed by atoms with E-state index in [4.69, 9.17) is 14.5 Å². The number of pyridine rings is 2. The van der Waals surface area contributed by atoms with Gasteiger partial charge in [0.05, 0.1) is 0 Å². The number of aliphatic hydroxyl groups is 1. The first-order valence-electron chi connectivity index (χ1n) is 13.3. The number of para-hydroxylation sites is 1. The number of fused-ring (bicyclic) bond motifs is 5. The predicted octanol–water partition coefficient (Wildman–Crippen LogP) is 4.28. The van der Waals surface area contributed by atoms with Gasteiger partial charge in [-0.25, -0.2) is 0 Å². The molecule has 0 amide bonds. The second kappa shape index (κ2) is 9.96. The Morgan fingerprint density at radius 1 is 1.21 bits per heavy atom. The van der Waals surface area contributed by atoms with Crippen molar-refractivity contribution < 1.29 is 24.2 Å². The van der Waals surface area contributed by atoms with E-state index in [1.54, 1.807) is 17.6 Å². The molecular weight excluding hydrogens is 545 g/mol. The molecule has 0 aliphatic carbocycles. The molecule has 200 valence electrons.